The first-order valence-electron chi connectivity index (χ1n) is 8.16. The van der Waals surface area contributed by atoms with Gasteiger partial charge in [0.1, 0.15) is 0 Å². The van der Waals surface area contributed by atoms with Crippen molar-refractivity contribution in [3.05, 3.63) is 48.0 Å². The first kappa shape index (κ1) is 14.6. The molecule has 3 atom stereocenters. The molecule has 1 aliphatic rings. The summed E-state index contributed by atoms with van der Waals surface area (Å²) in [6.45, 7) is 3.36. The Morgan fingerprint density at radius 3 is 2.81 bits per heavy atom. The summed E-state index contributed by atoms with van der Waals surface area (Å²) in [5.74, 6) is 0.819. The zero-order chi connectivity index (χ0) is 14.7. The van der Waals surface area contributed by atoms with Crippen molar-refractivity contribution >= 4 is 10.8 Å². The molecule has 0 spiro atoms. The molecule has 0 bridgehead atoms. The highest BCUT2D eigenvalue weighted by molar-refractivity contribution is 5.83. The molecule has 2 heteroatoms. The third-order valence-corrected chi connectivity index (χ3v) is 4.85. The molecule has 112 valence electrons. The molecular formula is C19H25NO. The predicted molar refractivity (Wildman–Crippen MR) is 88.3 cm³/mol. The van der Waals surface area contributed by atoms with E-state index in [2.05, 4.69) is 48.6 Å². The smallest absolute Gasteiger partial charge is 0.0805 e. The van der Waals surface area contributed by atoms with Gasteiger partial charge < -0.3 is 10.4 Å². The number of hydrogen-bond acceptors (Lipinski definition) is 2. The SMILES string of the molecule is CCC1CCNC(CC(O)c2ccc3ccccc3c2)C1. The number of piperidine rings is 1. The summed E-state index contributed by atoms with van der Waals surface area (Å²) in [4.78, 5) is 0. The van der Waals surface area contributed by atoms with Crippen molar-refractivity contribution in [1.82, 2.24) is 5.32 Å². The maximum atomic E-state index is 10.6. The highest BCUT2D eigenvalue weighted by atomic mass is 16.3. The lowest BCUT2D eigenvalue weighted by molar-refractivity contribution is 0.136. The Labute approximate surface area is 127 Å². The molecule has 1 saturated heterocycles. The fraction of sp³-hybridized carbons (Fsp3) is 0.474. The van der Waals surface area contributed by atoms with Gasteiger partial charge in [-0.05, 0) is 54.1 Å². The molecular weight excluding hydrogens is 258 g/mol. The Kier molecular flexibility index (Phi) is 4.57. The number of benzene rings is 2. The van der Waals surface area contributed by atoms with Gasteiger partial charge in [-0.25, -0.2) is 0 Å². The lowest BCUT2D eigenvalue weighted by Gasteiger charge is -2.31. The molecule has 2 nitrogen and oxygen atoms in total. The van der Waals surface area contributed by atoms with Crippen LogP contribution < -0.4 is 5.32 Å². The topological polar surface area (TPSA) is 32.3 Å². The largest absolute Gasteiger partial charge is 0.388 e. The highest BCUT2D eigenvalue weighted by Gasteiger charge is 2.23. The van der Waals surface area contributed by atoms with E-state index < -0.39 is 0 Å². The third kappa shape index (κ3) is 3.45. The van der Waals surface area contributed by atoms with Crippen molar-refractivity contribution < 1.29 is 5.11 Å². The average molecular weight is 283 g/mol. The van der Waals surface area contributed by atoms with Crippen molar-refractivity contribution in [2.45, 2.75) is 44.8 Å². The molecule has 2 N–H and O–H groups in total. The van der Waals surface area contributed by atoms with Gasteiger partial charge in [-0.15, -0.1) is 0 Å². The lowest BCUT2D eigenvalue weighted by Crippen LogP contribution is -2.38. The molecule has 0 radical (unpaired) electrons. The molecule has 0 amide bonds. The summed E-state index contributed by atoms with van der Waals surface area (Å²) in [6, 6.07) is 15.1. The van der Waals surface area contributed by atoms with E-state index in [4.69, 9.17) is 0 Å². The Bertz CT molecular complexity index is 595. The molecule has 3 unspecified atom stereocenters. The normalized spacial score (nSPS) is 24.1. The second-order valence-corrected chi connectivity index (χ2v) is 6.31. The Morgan fingerprint density at radius 1 is 1.19 bits per heavy atom. The summed E-state index contributed by atoms with van der Waals surface area (Å²) in [5, 5.41) is 16.5. The zero-order valence-corrected chi connectivity index (χ0v) is 12.8. The number of aliphatic hydroxyl groups excluding tert-OH is 1. The van der Waals surface area contributed by atoms with E-state index in [9.17, 15) is 5.11 Å². The van der Waals surface area contributed by atoms with Gasteiger partial charge in [0.2, 0.25) is 0 Å². The summed E-state index contributed by atoms with van der Waals surface area (Å²) >= 11 is 0. The maximum Gasteiger partial charge on any atom is 0.0805 e. The van der Waals surface area contributed by atoms with Crippen molar-refractivity contribution in [3.63, 3.8) is 0 Å². The van der Waals surface area contributed by atoms with E-state index in [1.54, 1.807) is 0 Å². The molecule has 0 saturated carbocycles. The van der Waals surface area contributed by atoms with Crippen LogP contribution in [0.25, 0.3) is 10.8 Å². The maximum absolute atomic E-state index is 10.6. The molecule has 1 heterocycles. The summed E-state index contributed by atoms with van der Waals surface area (Å²) in [7, 11) is 0. The molecule has 0 aromatic heterocycles. The molecule has 21 heavy (non-hydrogen) atoms. The van der Waals surface area contributed by atoms with E-state index in [0.29, 0.717) is 6.04 Å². The van der Waals surface area contributed by atoms with Crippen LogP contribution in [0.3, 0.4) is 0 Å². The van der Waals surface area contributed by atoms with Gasteiger partial charge in [0.25, 0.3) is 0 Å². The van der Waals surface area contributed by atoms with Crippen molar-refractivity contribution in [2.24, 2.45) is 5.92 Å². The van der Waals surface area contributed by atoms with Crippen LogP contribution in [-0.2, 0) is 0 Å². The van der Waals surface area contributed by atoms with Crippen LogP contribution in [0.15, 0.2) is 42.5 Å². The van der Waals surface area contributed by atoms with Crippen LogP contribution in [0.2, 0.25) is 0 Å². The predicted octanol–water partition coefficient (Wildman–Crippen LogP) is 4.04. The minimum absolute atomic E-state index is 0.372. The second-order valence-electron chi connectivity index (χ2n) is 6.31. The van der Waals surface area contributed by atoms with Crippen LogP contribution in [-0.4, -0.2) is 17.7 Å². The Hall–Kier alpha value is -1.38. The fourth-order valence-corrected chi connectivity index (χ4v) is 3.47. The van der Waals surface area contributed by atoms with Gasteiger partial charge in [-0.1, -0.05) is 49.7 Å². The number of fused-ring (bicyclic) bond motifs is 1. The number of hydrogen-bond donors (Lipinski definition) is 2. The summed E-state index contributed by atoms with van der Waals surface area (Å²) in [6.07, 6.45) is 4.17. The van der Waals surface area contributed by atoms with E-state index in [1.807, 2.05) is 6.07 Å². The van der Waals surface area contributed by atoms with Crippen molar-refractivity contribution in [3.8, 4) is 0 Å². The number of aliphatic hydroxyl groups is 1. The van der Waals surface area contributed by atoms with Gasteiger partial charge in [-0.3, -0.25) is 0 Å². The average Bonchev–Trinajstić information content (AvgIpc) is 2.54. The number of rotatable bonds is 4. The van der Waals surface area contributed by atoms with Crippen LogP contribution >= 0.6 is 0 Å². The Balaban J connectivity index is 1.70. The summed E-state index contributed by atoms with van der Waals surface area (Å²) < 4.78 is 0. The van der Waals surface area contributed by atoms with Crippen LogP contribution in [0, 0.1) is 5.92 Å². The standard InChI is InChI=1S/C19H25NO/c1-2-14-9-10-20-18(11-14)13-19(21)17-8-7-15-5-3-4-6-16(15)12-17/h3-8,12,14,18-21H,2,9-11,13H2,1H3. The van der Waals surface area contributed by atoms with Gasteiger partial charge in [-0.2, -0.15) is 0 Å². The molecule has 1 aliphatic heterocycles. The van der Waals surface area contributed by atoms with Crippen LogP contribution in [0.4, 0.5) is 0 Å². The third-order valence-electron chi connectivity index (χ3n) is 4.85. The fourth-order valence-electron chi connectivity index (χ4n) is 3.47. The molecule has 1 fully saturated rings. The van der Waals surface area contributed by atoms with Crippen molar-refractivity contribution in [2.75, 3.05) is 6.54 Å². The number of nitrogens with one attached hydrogen (secondary N) is 1. The molecule has 0 aliphatic carbocycles. The quantitative estimate of drug-likeness (QED) is 0.887. The highest BCUT2D eigenvalue weighted by Crippen LogP contribution is 2.27. The van der Waals surface area contributed by atoms with Crippen LogP contribution in [0.1, 0.15) is 44.3 Å². The van der Waals surface area contributed by atoms with E-state index in [-0.39, 0.29) is 6.10 Å². The Morgan fingerprint density at radius 2 is 2.00 bits per heavy atom. The lowest BCUT2D eigenvalue weighted by atomic mass is 9.87. The van der Waals surface area contributed by atoms with Gasteiger partial charge in [0.05, 0.1) is 6.10 Å². The van der Waals surface area contributed by atoms with E-state index in [0.717, 1.165) is 24.4 Å². The second kappa shape index (κ2) is 6.59. The first-order valence-corrected chi connectivity index (χ1v) is 8.16. The van der Waals surface area contributed by atoms with E-state index in [1.165, 1.54) is 30.0 Å². The molecule has 2 aromatic carbocycles. The molecule has 3 rings (SSSR count). The minimum atomic E-state index is -0.372. The summed E-state index contributed by atoms with van der Waals surface area (Å²) in [5.41, 5.74) is 1.04. The first-order chi connectivity index (χ1) is 10.3. The van der Waals surface area contributed by atoms with Gasteiger partial charge in [0, 0.05) is 6.04 Å². The van der Waals surface area contributed by atoms with Crippen LogP contribution in [0.5, 0.6) is 0 Å². The minimum Gasteiger partial charge on any atom is -0.388 e. The van der Waals surface area contributed by atoms with Crippen molar-refractivity contribution in [1.29, 1.82) is 0 Å². The zero-order valence-electron chi connectivity index (χ0n) is 12.8. The van der Waals surface area contributed by atoms with Gasteiger partial charge in [0.15, 0.2) is 0 Å². The van der Waals surface area contributed by atoms with E-state index >= 15 is 0 Å². The van der Waals surface area contributed by atoms with Gasteiger partial charge >= 0.3 is 0 Å². The monoisotopic (exact) mass is 283 g/mol. The molecule has 2 aromatic rings.